The predicted octanol–water partition coefficient (Wildman–Crippen LogP) is 1.89. The first-order chi connectivity index (χ1) is 12.1. The van der Waals surface area contributed by atoms with Crippen LogP contribution in [0, 0.1) is 6.92 Å². The third-order valence-corrected chi connectivity index (χ3v) is 5.46. The molecule has 0 bridgehead atoms. The van der Waals surface area contributed by atoms with Gasteiger partial charge >= 0.3 is 0 Å². The van der Waals surface area contributed by atoms with Crippen LogP contribution in [0.2, 0.25) is 0 Å². The maximum absolute atomic E-state index is 12.6. The van der Waals surface area contributed by atoms with E-state index in [1.54, 1.807) is 35.6 Å². The summed E-state index contributed by atoms with van der Waals surface area (Å²) in [7, 11) is 0. The molecule has 1 aliphatic heterocycles. The lowest BCUT2D eigenvalue weighted by molar-refractivity contribution is -0.674. The molecule has 0 radical (unpaired) electrons. The topological polar surface area (TPSA) is 63.2 Å². The van der Waals surface area contributed by atoms with Crippen LogP contribution in [0.1, 0.15) is 23.8 Å². The second-order valence-electron chi connectivity index (χ2n) is 6.11. The van der Waals surface area contributed by atoms with Gasteiger partial charge in [-0.15, -0.1) is 11.3 Å². The zero-order valence-electron chi connectivity index (χ0n) is 14.5. The van der Waals surface area contributed by atoms with Gasteiger partial charge in [-0.2, -0.15) is 0 Å². The molecular formula is C19H23N2O3S+. The fourth-order valence-corrected chi connectivity index (χ4v) is 3.97. The first kappa shape index (κ1) is 17.6. The van der Waals surface area contributed by atoms with Crippen LogP contribution >= 0.6 is 11.3 Å². The van der Waals surface area contributed by atoms with Crippen LogP contribution < -0.4 is 15.0 Å². The smallest absolute Gasteiger partial charge is 0.292 e. The average Bonchev–Trinajstić information content (AvgIpc) is 3.12. The number of aryl methyl sites for hydroxylation is 1. The molecule has 1 aromatic carbocycles. The molecule has 5 nitrogen and oxygen atoms in total. The third-order valence-electron chi connectivity index (χ3n) is 4.38. The monoisotopic (exact) mass is 359 g/mol. The maximum atomic E-state index is 12.6. The summed E-state index contributed by atoms with van der Waals surface area (Å²) in [5.74, 6) is 0.472. The molecule has 3 rings (SSSR count). The molecule has 2 N–H and O–H groups in total. The van der Waals surface area contributed by atoms with E-state index in [1.807, 2.05) is 12.2 Å². The van der Waals surface area contributed by atoms with Gasteiger partial charge in [0.15, 0.2) is 6.04 Å². The van der Waals surface area contributed by atoms with Gasteiger partial charge in [-0.3, -0.25) is 9.59 Å². The molecule has 1 saturated heterocycles. The number of hydrogen-bond donors (Lipinski definition) is 1. The van der Waals surface area contributed by atoms with Crippen molar-refractivity contribution in [3.8, 4) is 5.75 Å². The molecule has 1 aliphatic rings. The minimum absolute atomic E-state index is 0.128. The Bertz CT molecular complexity index is 754. The Hall–Kier alpha value is -2.18. The largest absolute Gasteiger partial charge is 0.494 e. The van der Waals surface area contributed by atoms with Crippen molar-refractivity contribution >= 4 is 28.8 Å². The van der Waals surface area contributed by atoms with Crippen molar-refractivity contribution < 1.29 is 19.6 Å². The van der Waals surface area contributed by atoms with Crippen LogP contribution in [0.4, 0.5) is 5.69 Å². The fourth-order valence-electron chi connectivity index (χ4n) is 3.04. The predicted molar refractivity (Wildman–Crippen MR) is 98.1 cm³/mol. The number of anilines is 1. The molecule has 0 unspecified atom stereocenters. The summed E-state index contributed by atoms with van der Waals surface area (Å²) >= 11 is 1.74. The van der Waals surface area contributed by atoms with Crippen LogP contribution in [0.15, 0.2) is 35.7 Å². The lowest BCUT2D eigenvalue weighted by Crippen LogP contribution is -2.92. The van der Waals surface area contributed by atoms with Gasteiger partial charge in [-0.05, 0) is 55.1 Å². The van der Waals surface area contributed by atoms with Gasteiger partial charge in [0, 0.05) is 11.3 Å². The van der Waals surface area contributed by atoms with Gasteiger partial charge in [0.05, 0.1) is 25.3 Å². The highest BCUT2D eigenvalue weighted by molar-refractivity contribution is 7.10. The molecule has 2 amide bonds. The van der Waals surface area contributed by atoms with E-state index >= 15 is 0 Å². The molecule has 1 atom stereocenters. The number of rotatable bonds is 7. The lowest BCUT2D eigenvalue weighted by Gasteiger charge is -2.14. The van der Waals surface area contributed by atoms with E-state index in [0.29, 0.717) is 12.3 Å². The molecule has 0 saturated carbocycles. The maximum Gasteiger partial charge on any atom is 0.292 e. The highest BCUT2D eigenvalue weighted by Crippen LogP contribution is 2.24. The molecule has 25 heavy (non-hydrogen) atoms. The number of imide groups is 1. The van der Waals surface area contributed by atoms with Gasteiger partial charge in [0.1, 0.15) is 5.75 Å². The van der Waals surface area contributed by atoms with E-state index in [4.69, 9.17) is 4.74 Å². The quantitative estimate of drug-likeness (QED) is 0.768. The minimum atomic E-state index is -0.320. The van der Waals surface area contributed by atoms with Gasteiger partial charge in [0.2, 0.25) is 5.91 Å². The highest BCUT2D eigenvalue weighted by Gasteiger charge is 2.42. The molecule has 2 heterocycles. The van der Waals surface area contributed by atoms with Crippen molar-refractivity contribution in [3.63, 3.8) is 0 Å². The van der Waals surface area contributed by atoms with Crippen LogP contribution in [0.3, 0.4) is 0 Å². The van der Waals surface area contributed by atoms with Crippen LogP contribution in [0.5, 0.6) is 5.75 Å². The zero-order chi connectivity index (χ0) is 17.8. The number of nitrogens with two attached hydrogens (primary N) is 1. The number of thiophene rings is 1. The lowest BCUT2D eigenvalue weighted by atomic mass is 10.2. The molecule has 6 heteroatoms. The molecule has 1 fully saturated rings. The van der Waals surface area contributed by atoms with Crippen molar-refractivity contribution in [2.24, 2.45) is 0 Å². The fraction of sp³-hybridized carbons (Fsp3) is 0.368. The Morgan fingerprint density at radius 1 is 1.24 bits per heavy atom. The van der Waals surface area contributed by atoms with E-state index in [1.165, 1.54) is 15.3 Å². The Morgan fingerprint density at radius 2 is 2.00 bits per heavy atom. The van der Waals surface area contributed by atoms with Crippen molar-refractivity contribution in [1.82, 2.24) is 0 Å². The first-order valence-electron chi connectivity index (χ1n) is 8.56. The average molecular weight is 359 g/mol. The van der Waals surface area contributed by atoms with E-state index in [9.17, 15) is 9.59 Å². The SMILES string of the molecule is CCOc1ccc(N2C(=O)C[C@H]([NH2+]CCc3sccc3C)C2=O)cc1. The standard InChI is InChI=1S/C19H22N2O3S/c1-3-24-15-6-4-14(5-7-15)21-18(22)12-16(19(21)23)20-10-8-17-13(2)9-11-25-17/h4-7,9,11,16,20H,3,8,10,12H2,1-2H3/p+1/t16-/m0/s1. The number of quaternary nitrogens is 1. The summed E-state index contributed by atoms with van der Waals surface area (Å²) in [4.78, 5) is 27.6. The van der Waals surface area contributed by atoms with Crippen molar-refractivity contribution in [3.05, 3.63) is 46.2 Å². The van der Waals surface area contributed by atoms with Crippen molar-refractivity contribution in [1.29, 1.82) is 0 Å². The van der Waals surface area contributed by atoms with Gasteiger partial charge < -0.3 is 10.1 Å². The van der Waals surface area contributed by atoms with Crippen molar-refractivity contribution in [2.45, 2.75) is 32.7 Å². The van der Waals surface area contributed by atoms with E-state index in [2.05, 4.69) is 18.4 Å². The Kier molecular flexibility index (Phi) is 5.50. The third kappa shape index (κ3) is 3.91. The van der Waals surface area contributed by atoms with Crippen LogP contribution in [-0.2, 0) is 16.0 Å². The Balaban J connectivity index is 1.60. The number of amides is 2. The summed E-state index contributed by atoms with van der Waals surface area (Å²) in [6.07, 6.45) is 1.18. The Labute approximate surface area is 151 Å². The molecule has 132 valence electrons. The second-order valence-corrected chi connectivity index (χ2v) is 7.11. The van der Waals surface area contributed by atoms with E-state index < -0.39 is 0 Å². The first-order valence-corrected chi connectivity index (χ1v) is 9.44. The molecule has 0 aliphatic carbocycles. The van der Waals surface area contributed by atoms with E-state index in [-0.39, 0.29) is 24.3 Å². The van der Waals surface area contributed by atoms with Gasteiger partial charge in [-0.1, -0.05) is 0 Å². The highest BCUT2D eigenvalue weighted by atomic mass is 32.1. The van der Waals surface area contributed by atoms with Crippen LogP contribution in [-0.4, -0.2) is 31.0 Å². The summed E-state index contributed by atoms with van der Waals surface area (Å²) in [5, 5.41) is 4.08. The second kappa shape index (κ2) is 7.80. The zero-order valence-corrected chi connectivity index (χ0v) is 15.3. The number of hydrogen-bond acceptors (Lipinski definition) is 4. The van der Waals surface area contributed by atoms with E-state index in [0.717, 1.165) is 18.7 Å². The Morgan fingerprint density at radius 3 is 2.64 bits per heavy atom. The summed E-state index contributed by atoms with van der Waals surface area (Å²) < 4.78 is 5.40. The number of benzene rings is 1. The van der Waals surface area contributed by atoms with Gasteiger partial charge in [-0.25, -0.2) is 4.90 Å². The molecule has 0 spiro atoms. The van der Waals surface area contributed by atoms with Gasteiger partial charge in [0.25, 0.3) is 5.91 Å². The number of nitrogens with zero attached hydrogens (tertiary/aromatic N) is 1. The summed E-state index contributed by atoms with van der Waals surface area (Å²) in [6.45, 7) is 5.41. The number of carbonyl (C=O) groups excluding carboxylic acids is 2. The van der Waals surface area contributed by atoms with Crippen molar-refractivity contribution in [2.75, 3.05) is 18.1 Å². The molecular weight excluding hydrogens is 336 g/mol. The number of carbonyl (C=O) groups is 2. The normalized spacial score (nSPS) is 17.4. The molecule has 2 aromatic rings. The van der Waals surface area contributed by atoms with Crippen LogP contribution in [0.25, 0.3) is 0 Å². The summed E-state index contributed by atoms with van der Waals surface area (Å²) in [5.41, 5.74) is 1.91. The minimum Gasteiger partial charge on any atom is -0.494 e. The molecule has 1 aromatic heterocycles. The summed E-state index contributed by atoms with van der Waals surface area (Å²) in [6, 6.07) is 8.89. The number of ether oxygens (including phenoxy) is 1.